The SMILES string of the molecule is CC1CCN(S(=O)(=O)c2cccc(C#CCN)c2)C1. The van der Waals surface area contributed by atoms with Crippen LogP contribution in [0.3, 0.4) is 0 Å². The molecule has 2 N–H and O–H groups in total. The van der Waals surface area contributed by atoms with Crippen LogP contribution in [-0.4, -0.2) is 32.4 Å². The van der Waals surface area contributed by atoms with Gasteiger partial charge >= 0.3 is 0 Å². The second-order valence-electron chi connectivity index (χ2n) is 4.79. The van der Waals surface area contributed by atoms with Gasteiger partial charge in [-0.1, -0.05) is 24.8 Å². The van der Waals surface area contributed by atoms with E-state index in [1.807, 2.05) is 0 Å². The largest absolute Gasteiger partial charge is 0.320 e. The zero-order valence-electron chi connectivity index (χ0n) is 11.0. The summed E-state index contributed by atoms with van der Waals surface area (Å²) in [7, 11) is -3.38. The minimum absolute atomic E-state index is 0.265. The molecule has 0 radical (unpaired) electrons. The number of benzene rings is 1. The van der Waals surface area contributed by atoms with Crippen LogP contribution in [0, 0.1) is 17.8 Å². The lowest BCUT2D eigenvalue weighted by Gasteiger charge is -2.16. The van der Waals surface area contributed by atoms with E-state index in [1.54, 1.807) is 28.6 Å². The maximum Gasteiger partial charge on any atom is 0.243 e. The molecule has 1 unspecified atom stereocenters. The number of nitrogens with zero attached hydrogens (tertiary/aromatic N) is 1. The lowest BCUT2D eigenvalue weighted by Crippen LogP contribution is -2.28. The van der Waals surface area contributed by atoms with Crippen molar-refractivity contribution in [2.45, 2.75) is 18.2 Å². The Morgan fingerprint density at radius 2 is 2.26 bits per heavy atom. The van der Waals surface area contributed by atoms with Gasteiger partial charge in [0.25, 0.3) is 0 Å². The third-order valence-corrected chi connectivity index (χ3v) is 5.05. The van der Waals surface area contributed by atoms with Gasteiger partial charge in [0, 0.05) is 18.7 Å². The summed E-state index contributed by atoms with van der Waals surface area (Å²) in [5, 5.41) is 0. The van der Waals surface area contributed by atoms with Crippen LogP contribution in [0.1, 0.15) is 18.9 Å². The molecule has 0 spiro atoms. The number of nitrogens with two attached hydrogens (primary N) is 1. The molecule has 102 valence electrons. The van der Waals surface area contributed by atoms with Crippen LogP contribution in [0.15, 0.2) is 29.2 Å². The Morgan fingerprint density at radius 1 is 1.47 bits per heavy atom. The first-order valence-corrected chi connectivity index (χ1v) is 7.77. The highest BCUT2D eigenvalue weighted by Crippen LogP contribution is 2.24. The van der Waals surface area contributed by atoms with Crippen molar-refractivity contribution in [2.75, 3.05) is 19.6 Å². The molecule has 0 saturated carbocycles. The molecule has 0 aromatic heterocycles. The van der Waals surface area contributed by atoms with Crippen LogP contribution in [0.5, 0.6) is 0 Å². The number of hydrogen-bond acceptors (Lipinski definition) is 3. The van der Waals surface area contributed by atoms with E-state index in [2.05, 4.69) is 18.8 Å². The fourth-order valence-corrected chi connectivity index (χ4v) is 3.77. The maximum atomic E-state index is 12.5. The van der Waals surface area contributed by atoms with E-state index >= 15 is 0 Å². The van der Waals surface area contributed by atoms with Crippen LogP contribution in [0.4, 0.5) is 0 Å². The van der Waals surface area contributed by atoms with Crippen molar-refractivity contribution in [1.82, 2.24) is 4.31 Å². The molecular formula is C14H18N2O2S. The van der Waals surface area contributed by atoms with Gasteiger partial charge in [-0.15, -0.1) is 0 Å². The highest BCUT2D eigenvalue weighted by Gasteiger charge is 2.30. The van der Waals surface area contributed by atoms with Crippen molar-refractivity contribution in [3.8, 4) is 11.8 Å². The molecule has 0 bridgehead atoms. The fraction of sp³-hybridized carbons (Fsp3) is 0.429. The summed E-state index contributed by atoms with van der Waals surface area (Å²) in [5.41, 5.74) is 5.99. The predicted molar refractivity (Wildman–Crippen MR) is 74.9 cm³/mol. The Hall–Kier alpha value is -1.35. The van der Waals surface area contributed by atoms with Gasteiger partial charge in [0.15, 0.2) is 0 Å². The molecule has 0 amide bonds. The van der Waals surface area contributed by atoms with Crippen LogP contribution in [0.25, 0.3) is 0 Å². The van der Waals surface area contributed by atoms with Crippen molar-refractivity contribution < 1.29 is 8.42 Å². The number of rotatable bonds is 2. The molecule has 1 aromatic rings. The van der Waals surface area contributed by atoms with Crippen LogP contribution in [-0.2, 0) is 10.0 Å². The van der Waals surface area contributed by atoms with Gasteiger partial charge in [0.2, 0.25) is 10.0 Å². The van der Waals surface area contributed by atoms with Gasteiger partial charge in [0.1, 0.15) is 0 Å². The maximum absolute atomic E-state index is 12.5. The molecule has 5 heteroatoms. The summed E-state index contributed by atoms with van der Waals surface area (Å²) < 4.78 is 26.5. The first-order chi connectivity index (χ1) is 9.04. The molecule has 4 nitrogen and oxygen atoms in total. The predicted octanol–water partition coefficient (Wildman–Crippen LogP) is 1.03. The Kier molecular flexibility index (Phi) is 4.25. The summed E-state index contributed by atoms with van der Waals surface area (Å²) in [6.07, 6.45) is 0.923. The second kappa shape index (κ2) is 5.74. The van der Waals surface area contributed by atoms with Gasteiger partial charge in [-0.05, 0) is 30.5 Å². The average molecular weight is 278 g/mol. The lowest BCUT2D eigenvalue weighted by atomic mass is 10.2. The van der Waals surface area contributed by atoms with E-state index in [9.17, 15) is 8.42 Å². The van der Waals surface area contributed by atoms with Gasteiger partial charge in [-0.25, -0.2) is 8.42 Å². The first-order valence-electron chi connectivity index (χ1n) is 6.33. The Balaban J connectivity index is 2.30. The zero-order valence-corrected chi connectivity index (χ0v) is 11.8. The molecule has 1 aromatic carbocycles. The minimum Gasteiger partial charge on any atom is -0.320 e. The Bertz CT molecular complexity index is 614. The van der Waals surface area contributed by atoms with Gasteiger partial charge in [-0.2, -0.15) is 4.31 Å². The Labute approximate surface area is 114 Å². The second-order valence-corrected chi connectivity index (χ2v) is 6.73. The van der Waals surface area contributed by atoms with Crippen molar-refractivity contribution in [2.24, 2.45) is 11.7 Å². The van der Waals surface area contributed by atoms with E-state index in [0.29, 0.717) is 29.5 Å². The molecule has 1 saturated heterocycles. The van der Waals surface area contributed by atoms with Crippen molar-refractivity contribution in [3.05, 3.63) is 29.8 Å². The molecule has 2 rings (SSSR count). The monoisotopic (exact) mass is 278 g/mol. The highest BCUT2D eigenvalue weighted by atomic mass is 32.2. The summed E-state index contributed by atoms with van der Waals surface area (Å²) in [4.78, 5) is 0.311. The molecule has 1 fully saturated rings. The normalized spacial score (nSPS) is 20.0. The number of sulfonamides is 1. The van der Waals surface area contributed by atoms with Gasteiger partial charge < -0.3 is 5.73 Å². The topological polar surface area (TPSA) is 63.4 Å². The van der Waals surface area contributed by atoms with Crippen LogP contribution < -0.4 is 5.73 Å². The minimum atomic E-state index is -3.38. The van der Waals surface area contributed by atoms with Crippen molar-refractivity contribution in [3.63, 3.8) is 0 Å². The van der Waals surface area contributed by atoms with E-state index in [1.165, 1.54) is 0 Å². The quantitative estimate of drug-likeness (QED) is 0.822. The molecule has 1 atom stereocenters. The molecule has 1 aliphatic rings. The van der Waals surface area contributed by atoms with Gasteiger partial charge in [-0.3, -0.25) is 0 Å². The highest BCUT2D eigenvalue weighted by molar-refractivity contribution is 7.89. The van der Waals surface area contributed by atoms with Crippen LogP contribution >= 0.6 is 0 Å². The number of hydrogen-bond donors (Lipinski definition) is 1. The summed E-state index contributed by atoms with van der Waals surface area (Å²) in [5.74, 6) is 6.01. The van der Waals surface area contributed by atoms with E-state index in [0.717, 1.165) is 6.42 Å². The Morgan fingerprint density at radius 3 is 2.89 bits per heavy atom. The van der Waals surface area contributed by atoms with Crippen molar-refractivity contribution >= 4 is 10.0 Å². The molecule has 1 aliphatic heterocycles. The van der Waals surface area contributed by atoms with E-state index < -0.39 is 10.0 Å². The van der Waals surface area contributed by atoms with Gasteiger partial charge in [0.05, 0.1) is 11.4 Å². The smallest absolute Gasteiger partial charge is 0.243 e. The van der Waals surface area contributed by atoms with Crippen molar-refractivity contribution in [1.29, 1.82) is 0 Å². The fourth-order valence-electron chi connectivity index (χ4n) is 2.15. The standard InChI is InChI=1S/C14H18N2O2S/c1-12-7-9-16(11-12)19(17,18)14-6-2-4-13(10-14)5-3-8-15/h2,4,6,10,12H,7-9,11,15H2,1H3. The van der Waals surface area contributed by atoms with E-state index in [-0.39, 0.29) is 6.54 Å². The zero-order chi connectivity index (χ0) is 13.9. The average Bonchev–Trinajstić information content (AvgIpc) is 2.84. The molecule has 1 heterocycles. The molecular weight excluding hydrogens is 260 g/mol. The van der Waals surface area contributed by atoms with E-state index in [4.69, 9.17) is 5.73 Å². The first kappa shape index (κ1) is 14.1. The summed E-state index contributed by atoms with van der Waals surface area (Å²) >= 11 is 0. The lowest BCUT2D eigenvalue weighted by molar-refractivity contribution is 0.464. The third-order valence-electron chi connectivity index (χ3n) is 3.19. The summed E-state index contributed by atoms with van der Waals surface area (Å²) in [6.45, 7) is 3.53. The third kappa shape index (κ3) is 3.16. The summed E-state index contributed by atoms with van der Waals surface area (Å²) in [6, 6.07) is 6.73. The van der Waals surface area contributed by atoms with Crippen LogP contribution in [0.2, 0.25) is 0 Å². The molecule has 19 heavy (non-hydrogen) atoms. The molecule has 0 aliphatic carbocycles.